The lowest BCUT2D eigenvalue weighted by Crippen LogP contribution is -2.48. The summed E-state index contributed by atoms with van der Waals surface area (Å²) in [6.45, 7) is 9.00. The summed E-state index contributed by atoms with van der Waals surface area (Å²) in [5.41, 5.74) is 0. The fourth-order valence-electron chi connectivity index (χ4n) is 3.74. The quantitative estimate of drug-likeness (QED) is 0.803. The molecule has 1 aliphatic carbocycles. The van der Waals surface area contributed by atoms with Gasteiger partial charge in [0.25, 0.3) is 0 Å². The summed E-state index contributed by atoms with van der Waals surface area (Å²) in [7, 11) is 0. The average molecular weight is 268 g/mol. The van der Waals surface area contributed by atoms with Crippen molar-refractivity contribution in [3.05, 3.63) is 0 Å². The van der Waals surface area contributed by atoms with Gasteiger partial charge in [-0.25, -0.2) is 0 Å². The summed E-state index contributed by atoms with van der Waals surface area (Å²) in [4.78, 5) is 2.59. The van der Waals surface area contributed by atoms with Crippen LogP contribution < -0.4 is 5.32 Å². The summed E-state index contributed by atoms with van der Waals surface area (Å²) in [6.07, 6.45) is 7.66. The van der Waals surface area contributed by atoms with Gasteiger partial charge < -0.3 is 15.3 Å². The van der Waals surface area contributed by atoms with Crippen LogP contribution in [0.15, 0.2) is 0 Å². The molecule has 2 rings (SSSR count). The van der Waals surface area contributed by atoms with Crippen LogP contribution in [0.25, 0.3) is 0 Å². The highest BCUT2D eigenvalue weighted by Gasteiger charge is 2.30. The average Bonchev–Trinajstić information content (AvgIpc) is 2.42. The first-order chi connectivity index (χ1) is 9.20. The third-order valence-corrected chi connectivity index (χ3v) is 5.00. The minimum Gasteiger partial charge on any atom is -0.393 e. The molecule has 0 spiro atoms. The van der Waals surface area contributed by atoms with Crippen LogP contribution in [-0.4, -0.2) is 48.3 Å². The second kappa shape index (κ2) is 7.61. The second-order valence-corrected chi connectivity index (χ2v) is 6.70. The Morgan fingerprint density at radius 2 is 2.00 bits per heavy atom. The monoisotopic (exact) mass is 268 g/mol. The van der Waals surface area contributed by atoms with E-state index >= 15 is 0 Å². The lowest BCUT2D eigenvalue weighted by atomic mass is 9.83. The Morgan fingerprint density at radius 1 is 1.21 bits per heavy atom. The number of piperidine rings is 1. The van der Waals surface area contributed by atoms with E-state index in [9.17, 15) is 5.11 Å². The highest BCUT2D eigenvalue weighted by molar-refractivity contribution is 4.85. The highest BCUT2D eigenvalue weighted by Crippen LogP contribution is 2.27. The normalized spacial score (nSPS) is 37.4. The predicted molar refractivity (Wildman–Crippen MR) is 80.3 cm³/mol. The van der Waals surface area contributed by atoms with Crippen LogP contribution in [0.5, 0.6) is 0 Å². The van der Waals surface area contributed by atoms with Gasteiger partial charge in [-0.2, -0.15) is 0 Å². The molecule has 0 aromatic carbocycles. The maximum Gasteiger partial charge on any atom is 0.0590 e. The molecule has 112 valence electrons. The summed E-state index contributed by atoms with van der Waals surface area (Å²) < 4.78 is 0. The topological polar surface area (TPSA) is 35.5 Å². The minimum absolute atomic E-state index is 0.0726. The first-order valence-electron chi connectivity index (χ1n) is 8.34. The molecule has 3 heteroatoms. The Kier molecular flexibility index (Phi) is 6.11. The third-order valence-electron chi connectivity index (χ3n) is 5.00. The van der Waals surface area contributed by atoms with Crippen molar-refractivity contribution in [1.29, 1.82) is 0 Å². The molecule has 3 nitrogen and oxygen atoms in total. The zero-order valence-electron chi connectivity index (χ0n) is 12.8. The highest BCUT2D eigenvalue weighted by atomic mass is 16.3. The molecule has 0 amide bonds. The van der Waals surface area contributed by atoms with E-state index in [0.717, 1.165) is 38.0 Å². The number of aliphatic hydroxyl groups is 1. The molecule has 0 radical (unpaired) electrons. The number of aliphatic hydroxyl groups excluding tert-OH is 1. The standard InChI is InChI=1S/C16H32N2O/c1-3-9-17-15-7-5-4-6-14(15)12-18-10-8-16(19)13(2)11-18/h13-17,19H,3-12H2,1-2H3. The van der Waals surface area contributed by atoms with Crippen molar-refractivity contribution in [2.45, 2.75) is 64.5 Å². The van der Waals surface area contributed by atoms with Crippen molar-refractivity contribution in [2.75, 3.05) is 26.2 Å². The van der Waals surface area contributed by atoms with E-state index in [1.165, 1.54) is 38.6 Å². The summed E-state index contributed by atoms with van der Waals surface area (Å²) in [6, 6.07) is 0.732. The Morgan fingerprint density at radius 3 is 2.74 bits per heavy atom. The molecule has 4 unspecified atom stereocenters. The molecule has 1 saturated heterocycles. The Labute approximate surface area is 118 Å². The zero-order valence-corrected chi connectivity index (χ0v) is 12.8. The Hall–Kier alpha value is -0.120. The molecule has 0 aromatic heterocycles. The van der Waals surface area contributed by atoms with Crippen LogP contribution in [0.4, 0.5) is 0 Å². The first kappa shape index (κ1) is 15.3. The number of likely N-dealkylation sites (tertiary alicyclic amines) is 1. The number of nitrogens with one attached hydrogen (secondary N) is 1. The molecule has 1 aliphatic heterocycles. The molecule has 4 atom stereocenters. The van der Waals surface area contributed by atoms with Crippen LogP contribution in [0.3, 0.4) is 0 Å². The summed E-state index contributed by atoms with van der Waals surface area (Å²) in [5, 5.41) is 13.6. The molecule has 0 bridgehead atoms. The number of nitrogens with zero attached hydrogens (tertiary/aromatic N) is 1. The summed E-state index contributed by atoms with van der Waals surface area (Å²) in [5.74, 6) is 1.27. The van der Waals surface area contributed by atoms with E-state index in [1.54, 1.807) is 0 Å². The van der Waals surface area contributed by atoms with Gasteiger partial charge in [-0.3, -0.25) is 0 Å². The molecular formula is C16H32N2O. The molecule has 2 N–H and O–H groups in total. The van der Waals surface area contributed by atoms with Crippen LogP contribution in [0.1, 0.15) is 52.4 Å². The van der Waals surface area contributed by atoms with Gasteiger partial charge in [0.15, 0.2) is 0 Å². The fraction of sp³-hybridized carbons (Fsp3) is 1.00. The van der Waals surface area contributed by atoms with Gasteiger partial charge in [-0.15, -0.1) is 0 Å². The Bertz CT molecular complexity index is 259. The summed E-state index contributed by atoms with van der Waals surface area (Å²) >= 11 is 0. The van der Waals surface area contributed by atoms with E-state index in [1.807, 2.05) is 0 Å². The van der Waals surface area contributed by atoms with Crippen molar-refractivity contribution < 1.29 is 5.11 Å². The number of hydrogen-bond donors (Lipinski definition) is 2. The number of rotatable bonds is 5. The van der Waals surface area contributed by atoms with Crippen LogP contribution in [0, 0.1) is 11.8 Å². The van der Waals surface area contributed by atoms with Gasteiger partial charge in [0, 0.05) is 25.7 Å². The van der Waals surface area contributed by atoms with Crippen LogP contribution in [-0.2, 0) is 0 Å². The molecule has 0 aromatic rings. The maximum atomic E-state index is 9.83. The minimum atomic E-state index is -0.0726. The van der Waals surface area contributed by atoms with Crippen molar-refractivity contribution in [1.82, 2.24) is 10.2 Å². The lowest BCUT2D eigenvalue weighted by molar-refractivity contribution is 0.0238. The lowest BCUT2D eigenvalue weighted by Gasteiger charge is -2.40. The van der Waals surface area contributed by atoms with Crippen molar-refractivity contribution in [2.24, 2.45) is 11.8 Å². The molecule has 19 heavy (non-hydrogen) atoms. The third kappa shape index (κ3) is 4.44. The van der Waals surface area contributed by atoms with E-state index in [-0.39, 0.29) is 6.10 Å². The van der Waals surface area contributed by atoms with Gasteiger partial charge >= 0.3 is 0 Å². The smallest absolute Gasteiger partial charge is 0.0590 e. The van der Waals surface area contributed by atoms with E-state index < -0.39 is 0 Å². The second-order valence-electron chi connectivity index (χ2n) is 6.70. The largest absolute Gasteiger partial charge is 0.393 e. The van der Waals surface area contributed by atoms with Gasteiger partial charge in [-0.1, -0.05) is 26.7 Å². The molecule has 1 saturated carbocycles. The van der Waals surface area contributed by atoms with Crippen LogP contribution >= 0.6 is 0 Å². The van der Waals surface area contributed by atoms with E-state index in [4.69, 9.17) is 0 Å². The predicted octanol–water partition coefficient (Wildman–Crippen LogP) is 2.25. The molecule has 2 aliphatic rings. The van der Waals surface area contributed by atoms with Crippen molar-refractivity contribution in [3.8, 4) is 0 Å². The number of hydrogen-bond acceptors (Lipinski definition) is 3. The van der Waals surface area contributed by atoms with Crippen molar-refractivity contribution >= 4 is 0 Å². The maximum absolute atomic E-state index is 9.83. The molecule has 1 heterocycles. The Balaban J connectivity index is 1.81. The van der Waals surface area contributed by atoms with Crippen molar-refractivity contribution in [3.63, 3.8) is 0 Å². The zero-order chi connectivity index (χ0) is 13.7. The first-order valence-corrected chi connectivity index (χ1v) is 8.34. The van der Waals surface area contributed by atoms with Gasteiger partial charge in [0.05, 0.1) is 6.10 Å². The fourth-order valence-corrected chi connectivity index (χ4v) is 3.74. The van der Waals surface area contributed by atoms with E-state index in [0.29, 0.717) is 5.92 Å². The van der Waals surface area contributed by atoms with Gasteiger partial charge in [0.2, 0.25) is 0 Å². The van der Waals surface area contributed by atoms with Gasteiger partial charge in [0.1, 0.15) is 0 Å². The van der Waals surface area contributed by atoms with Gasteiger partial charge in [-0.05, 0) is 44.1 Å². The van der Waals surface area contributed by atoms with Crippen LogP contribution in [0.2, 0.25) is 0 Å². The SMILES string of the molecule is CCCNC1CCCCC1CN1CCC(O)C(C)C1. The molecule has 2 fully saturated rings. The van der Waals surface area contributed by atoms with E-state index in [2.05, 4.69) is 24.1 Å². The molecular weight excluding hydrogens is 236 g/mol.